The molecule has 1 aromatic heterocycles. The first kappa shape index (κ1) is 6.64. The quantitative estimate of drug-likeness (QED) is 0.678. The van der Waals surface area contributed by atoms with E-state index in [1.807, 2.05) is 0 Å². The summed E-state index contributed by atoms with van der Waals surface area (Å²) in [5.41, 5.74) is 7.09. The van der Waals surface area contributed by atoms with Gasteiger partial charge in [0, 0.05) is 11.9 Å². The summed E-state index contributed by atoms with van der Waals surface area (Å²) in [4.78, 5) is 3.75. The lowest BCUT2D eigenvalue weighted by Gasteiger charge is -1.97. The van der Waals surface area contributed by atoms with Gasteiger partial charge in [0.25, 0.3) is 0 Å². The minimum Gasteiger partial charge on any atom is -0.327 e. The molecule has 0 spiro atoms. The SMILES string of the molecule is NCC(F)c1cscn1. The molecule has 2 N–H and O–H groups in total. The number of aromatic nitrogens is 1. The zero-order valence-electron chi connectivity index (χ0n) is 4.75. The van der Waals surface area contributed by atoms with Crippen LogP contribution in [0.1, 0.15) is 11.9 Å². The zero-order valence-corrected chi connectivity index (χ0v) is 5.57. The summed E-state index contributed by atoms with van der Waals surface area (Å²) >= 11 is 1.38. The van der Waals surface area contributed by atoms with Gasteiger partial charge in [0.1, 0.15) is 0 Å². The van der Waals surface area contributed by atoms with Crippen LogP contribution < -0.4 is 5.73 Å². The van der Waals surface area contributed by atoms with Crippen LogP contribution in [0, 0.1) is 0 Å². The highest BCUT2D eigenvalue weighted by molar-refractivity contribution is 7.07. The molecule has 4 heteroatoms. The first-order chi connectivity index (χ1) is 4.34. The molecule has 1 atom stereocenters. The smallest absolute Gasteiger partial charge is 0.155 e. The molecule has 1 heterocycles. The van der Waals surface area contributed by atoms with Crippen molar-refractivity contribution in [3.05, 3.63) is 16.6 Å². The van der Waals surface area contributed by atoms with Crippen molar-refractivity contribution in [2.75, 3.05) is 6.54 Å². The summed E-state index contributed by atoms with van der Waals surface area (Å²) in [5.74, 6) is 0. The summed E-state index contributed by atoms with van der Waals surface area (Å²) in [7, 11) is 0. The number of hydrogen-bond acceptors (Lipinski definition) is 3. The first-order valence-corrected chi connectivity index (χ1v) is 3.51. The minimum absolute atomic E-state index is 0.0176. The molecule has 0 saturated heterocycles. The summed E-state index contributed by atoms with van der Waals surface area (Å²) in [5, 5.41) is 1.66. The van der Waals surface area contributed by atoms with Gasteiger partial charge < -0.3 is 5.73 Å². The molecular formula is C5H7FN2S. The molecule has 0 radical (unpaired) electrons. The van der Waals surface area contributed by atoms with Crippen molar-refractivity contribution in [3.63, 3.8) is 0 Å². The molecule has 2 nitrogen and oxygen atoms in total. The molecule has 0 aliphatic carbocycles. The van der Waals surface area contributed by atoms with E-state index < -0.39 is 6.17 Å². The molecule has 1 aromatic rings. The molecule has 0 bridgehead atoms. The molecule has 0 aliphatic rings. The Kier molecular flexibility index (Phi) is 2.13. The maximum Gasteiger partial charge on any atom is 0.155 e. The van der Waals surface area contributed by atoms with Crippen LogP contribution in [0.5, 0.6) is 0 Å². The zero-order chi connectivity index (χ0) is 6.69. The van der Waals surface area contributed by atoms with Gasteiger partial charge in [-0.2, -0.15) is 0 Å². The van der Waals surface area contributed by atoms with E-state index in [4.69, 9.17) is 5.73 Å². The second-order valence-corrected chi connectivity index (χ2v) is 2.34. The molecule has 0 aromatic carbocycles. The van der Waals surface area contributed by atoms with Crippen LogP contribution in [0.3, 0.4) is 0 Å². The van der Waals surface area contributed by atoms with E-state index in [-0.39, 0.29) is 6.54 Å². The van der Waals surface area contributed by atoms with Gasteiger partial charge in [-0.05, 0) is 0 Å². The van der Waals surface area contributed by atoms with Crippen LogP contribution in [0.2, 0.25) is 0 Å². The van der Waals surface area contributed by atoms with Gasteiger partial charge in [-0.3, -0.25) is 0 Å². The Bertz CT molecular complexity index is 163. The lowest BCUT2D eigenvalue weighted by atomic mass is 10.3. The van der Waals surface area contributed by atoms with Gasteiger partial charge in [-0.15, -0.1) is 11.3 Å². The lowest BCUT2D eigenvalue weighted by Crippen LogP contribution is -2.07. The highest BCUT2D eigenvalue weighted by atomic mass is 32.1. The predicted octanol–water partition coefficient (Wildman–Crippen LogP) is 1.11. The average Bonchev–Trinajstić information content (AvgIpc) is 2.37. The van der Waals surface area contributed by atoms with Crippen LogP contribution in [0.25, 0.3) is 0 Å². The summed E-state index contributed by atoms with van der Waals surface area (Å²) < 4.78 is 12.5. The third kappa shape index (κ3) is 1.46. The summed E-state index contributed by atoms with van der Waals surface area (Å²) in [6.07, 6.45) is -1.09. The van der Waals surface area contributed by atoms with Crippen molar-refractivity contribution in [1.82, 2.24) is 4.98 Å². The second-order valence-electron chi connectivity index (χ2n) is 1.62. The molecule has 1 rings (SSSR count). The van der Waals surface area contributed by atoms with Crippen molar-refractivity contribution in [1.29, 1.82) is 0 Å². The predicted molar refractivity (Wildman–Crippen MR) is 35.0 cm³/mol. The Morgan fingerprint density at radius 2 is 2.67 bits per heavy atom. The topological polar surface area (TPSA) is 38.9 Å². The Morgan fingerprint density at radius 1 is 1.89 bits per heavy atom. The molecule has 0 amide bonds. The van der Waals surface area contributed by atoms with Gasteiger partial charge in [0.2, 0.25) is 0 Å². The third-order valence-corrected chi connectivity index (χ3v) is 1.58. The van der Waals surface area contributed by atoms with Crippen LogP contribution in [0.4, 0.5) is 4.39 Å². The largest absolute Gasteiger partial charge is 0.327 e. The number of nitrogens with zero attached hydrogens (tertiary/aromatic N) is 1. The number of alkyl halides is 1. The highest BCUT2D eigenvalue weighted by Crippen LogP contribution is 2.14. The van der Waals surface area contributed by atoms with E-state index in [0.29, 0.717) is 5.69 Å². The van der Waals surface area contributed by atoms with Crippen molar-refractivity contribution in [3.8, 4) is 0 Å². The fourth-order valence-corrected chi connectivity index (χ4v) is 1.09. The van der Waals surface area contributed by atoms with E-state index in [9.17, 15) is 4.39 Å². The van der Waals surface area contributed by atoms with Gasteiger partial charge in [-0.1, -0.05) is 0 Å². The van der Waals surface area contributed by atoms with Gasteiger partial charge >= 0.3 is 0 Å². The monoisotopic (exact) mass is 146 g/mol. The van der Waals surface area contributed by atoms with Gasteiger partial charge in [0.05, 0.1) is 11.2 Å². The lowest BCUT2D eigenvalue weighted by molar-refractivity contribution is 0.346. The summed E-state index contributed by atoms with van der Waals surface area (Å²) in [6.45, 7) is 0.0176. The summed E-state index contributed by atoms with van der Waals surface area (Å²) in [6, 6.07) is 0. The maximum atomic E-state index is 12.5. The van der Waals surface area contributed by atoms with E-state index in [2.05, 4.69) is 4.98 Å². The van der Waals surface area contributed by atoms with Crippen molar-refractivity contribution in [2.45, 2.75) is 6.17 Å². The van der Waals surface area contributed by atoms with Crippen LogP contribution in [-0.2, 0) is 0 Å². The van der Waals surface area contributed by atoms with E-state index in [1.54, 1.807) is 10.9 Å². The fraction of sp³-hybridized carbons (Fsp3) is 0.400. The van der Waals surface area contributed by atoms with Crippen molar-refractivity contribution >= 4 is 11.3 Å². The normalized spacial score (nSPS) is 13.6. The van der Waals surface area contributed by atoms with E-state index in [0.717, 1.165) is 0 Å². The average molecular weight is 146 g/mol. The van der Waals surface area contributed by atoms with Crippen molar-refractivity contribution in [2.24, 2.45) is 5.73 Å². The second kappa shape index (κ2) is 2.89. The third-order valence-electron chi connectivity index (χ3n) is 0.979. The molecular weight excluding hydrogens is 139 g/mol. The Balaban J connectivity index is 2.65. The van der Waals surface area contributed by atoms with E-state index in [1.165, 1.54) is 11.3 Å². The van der Waals surface area contributed by atoms with Crippen LogP contribution >= 0.6 is 11.3 Å². The number of rotatable bonds is 2. The highest BCUT2D eigenvalue weighted by Gasteiger charge is 2.07. The standard InChI is InChI=1S/C5H7FN2S/c6-4(1-7)5-2-9-3-8-5/h2-4H,1,7H2. The van der Waals surface area contributed by atoms with E-state index >= 15 is 0 Å². The number of halogens is 1. The molecule has 9 heavy (non-hydrogen) atoms. The Hall–Kier alpha value is -0.480. The van der Waals surface area contributed by atoms with Gasteiger partial charge in [0.15, 0.2) is 6.17 Å². The maximum absolute atomic E-state index is 12.5. The molecule has 0 saturated carbocycles. The van der Waals surface area contributed by atoms with Crippen LogP contribution in [-0.4, -0.2) is 11.5 Å². The molecule has 0 fully saturated rings. The Labute approximate surface area is 56.5 Å². The number of hydrogen-bond donors (Lipinski definition) is 1. The minimum atomic E-state index is -1.09. The molecule has 0 aliphatic heterocycles. The number of thiazole rings is 1. The first-order valence-electron chi connectivity index (χ1n) is 2.57. The molecule has 1 unspecified atom stereocenters. The van der Waals surface area contributed by atoms with Crippen molar-refractivity contribution < 1.29 is 4.39 Å². The van der Waals surface area contributed by atoms with Gasteiger partial charge in [-0.25, -0.2) is 9.37 Å². The Morgan fingerprint density at radius 3 is 3.11 bits per heavy atom. The van der Waals surface area contributed by atoms with Crippen LogP contribution in [0.15, 0.2) is 10.9 Å². The number of nitrogens with two attached hydrogens (primary N) is 1. The fourth-order valence-electron chi connectivity index (χ4n) is 0.497. The molecule has 50 valence electrons.